The highest BCUT2D eigenvalue weighted by molar-refractivity contribution is 5.69. The maximum Gasteiger partial charge on any atom is 0.338 e. The van der Waals surface area contributed by atoms with Crippen LogP contribution in [-0.4, -0.2) is 36.8 Å². The van der Waals surface area contributed by atoms with Crippen LogP contribution in [0.15, 0.2) is 24.3 Å². The van der Waals surface area contributed by atoms with Crippen LogP contribution in [0.5, 0.6) is 0 Å². The second-order valence-corrected chi connectivity index (χ2v) is 4.67. The molecule has 0 unspecified atom stereocenters. The number of hydrogen-bond acceptors (Lipinski definition) is 2. The number of aliphatic hydroxyl groups is 1. The molecule has 5 nitrogen and oxygen atoms in total. The Balaban J connectivity index is 2.00. The Morgan fingerprint density at radius 3 is 2.94 bits per heavy atom. The summed E-state index contributed by atoms with van der Waals surface area (Å²) in [5.41, 5.74) is 13.2. The number of guanidine groups is 1. The molecule has 1 atom stereocenters. The van der Waals surface area contributed by atoms with Crippen molar-refractivity contribution < 1.29 is 10.1 Å². The molecule has 1 heterocycles. The van der Waals surface area contributed by atoms with Crippen molar-refractivity contribution in [1.29, 1.82) is 0 Å². The van der Waals surface area contributed by atoms with Crippen LogP contribution >= 0.6 is 0 Å². The number of aryl methyl sites for hydroxylation is 1. The third-order valence-corrected chi connectivity index (χ3v) is 3.18. The van der Waals surface area contributed by atoms with Gasteiger partial charge in [0.25, 0.3) is 0 Å². The van der Waals surface area contributed by atoms with Gasteiger partial charge in [-0.15, -0.1) is 0 Å². The van der Waals surface area contributed by atoms with Crippen LogP contribution in [0.3, 0.4) is 0 Å². The monoisotopic (exact) mass is 249 g/mol. The van der Waals surface area contributed by atoms with E-state index in [1.807, 2.05) is 6.07 Å². The molecule has 0 aromatic heterocycles. The van der Waals surface area contributed by atoms with Gasteiger partial charge in [0.2, 0.25) is 0 Å². The largest absolute Gasteiger partial charge is 0.388 e. The van der Waals surface area contributed by atoms with Crippen LogP contribution in [0, 0.1) is 0 Å². The van der Waals surface area contributed by atoms with Crippen molar-refractivity contribution in [3.8, 4) is 0 Å². The summed E-state index contributed by atoms with van der Waals surface area (Å²) in [5, 5.41) is 9.95. The third-order valence-electron chi connectivity index (χ3n) is 3.18. The molecule has 2 rings (SSSR count). The SMILES string of the molecule is NC(N)=[NH+]C[C@@H](O)CN1CCCc2ccccc21. The highest BCUT2D eigenvalue weighted by atomic mass is 16.3. The molecule has 0 saturated heterocycles. The van der Waals surface area contributed by atoms with E-state index in [4.69, 9.17) is 11.5 Å². The van der Waals surface area contributed by atoms with E-state index >= 15 is 0 Å². The van der Waals surface area contributed by atoms with Gasteiger partial charge in [0.15, 0.2) is 0 Å². The molecule has 1 aromatic rings. The van der Waals surface area contributed by atoms with Crippen LogP contribution in [0.1, 0.15) is 12.0 Å². The van der Waals surface area contributed by atoms with E-state index in [0.717, 1.165) is 19.4 Å². The lowest BCUT2D eigenvalue weighted by Gasteiger charge is -2.32. The lowest BCUT2D eigenvalue weighted by atomic mass is 10.0. The average Bonchev–Trinajstić information content (AvgIpc) is 2.37. The summed E-state index contributed by atoms with van der Waals surface area (Å²) in [6.45, 7) is 1.95. The summed E-state index contributed by atoms with van der Waals surface area (Å²) in [4.78, 5) is 4.97. The summed E-state index contributed by atoms with van der Waals surface area (Å²) in [6, 6.07) is 8.35. The Bertz CT molecular complexity index is 429. The first-order valence-corrected chi connectivity index (χ1v) is 6.29. The van der Waals surface area contributed by atoms with E-state index in [1.54, 1.807) is 0 Å². The van der Waals surface area contributed by atoms with Gasteiger partial charge in [0.05, 0.1) is 6.54 Å². The molecule has 0 radical (unpaired) electrons. The zero-order valence-corrected chi connectivity index (χ0v) is 10.5. The number of rotatable bonds is 4. The molecular weight excluding hydrogens is 228 g/mol. The zero-order chi connectivity index (χ0) is 13.0. The van der Waals surface area contributed by atoms with Gasteiger partial charge in [-0.05, 0) is 24.5 Å². The van der Waals surface area contributed by atoms with Gasteiger partial charge in [-0.1, -0.05) is 18.2 Å². The minimum Gasteiger partial charge on any atom is -0.388 e. The number of nitrogens with zero attached hydrogens (tertiary/aromatic N) is 1. The molecule has 0 saturated carbocycles. The molecule has 1 aliphatic rings. The summed E-state index contributed by atoms with van der Waals surface area (Å²) in [6.07, 6.45) is 1.76. The Hall–Kier alpha value is -1.75. The highest BCUT2D eigenvalue weighted by Gasteiger charge is 2.18. The number of para-hydroxylation sites is 1. The van der Waals surface area contributed by atoms with E-state index < -0.39 is 6.10 Å². The first-order chi connectivity index (χ1) is 8.66. The molecule has 98 valence electrons. The summed E-state index contributed by atoms with van der Waals surface area (Å²) in [5.74, 6) is 0.146. The van der Waals surface area contributed by atoms with Crippen molar-refractivity contribution in [3.63, 3.8) is 0 Å². The normalized spacial score (nSPS) is 15.9. The van der Waals surface area contributed by atoms with Gasteiger partial charge in [0.1, 0.15) is 6.10 Å². The predicted octanol–water partition coefficient (Wildman–Crippen LogP) is -1.85. The second kappa shape index (κ2) is 5.73. The topological polar surface area (TPSA) is 89.5 Å². The fourth-order valence-corrected chi connectivity index (χ4v) is 2.36. The van der Waals surface area contributed by atoms with E-state index in [9.17, 15) is 5.11 Å². The Labute approximate surface area is 107 Å². The third kappa shape index (κ3) is 3.13. The Morgan fingerprint density at radius 2 is 2.17 bits per heavy atom. The predicted molar refractivity (Wildman–Crippen MR) is 72.2 cm³/mol. The lowest BCUT2D eigenvalue weighted by Crippen LogP contribution is -2.80. The molecule has 0 aliphatic carbocycles. The molecule has 0 bridgehead atoms. The fourth-order valence-electron chi connectivity index (χ4n) is 2.36. The maximum absolute atomic E-state index is 9.95. The number of aliphatic hydroxyl groups excluding tert-OH is 1. The summed E-state index contributed by atoms with van der Waals surface area (Å²) in [7, 11) is 0. The zero-order valence-electron chi connectivity index (χ0n) is 10.5. The number of fused-ring (bicyclic) bond motifs is 1. The molecular formula is C13H21N4O+. The van der Waals surface area contributed by atoms with Gasteiger partial charge in [-0.3, -0.25) is 16.5 Å². The van der Waals surface area contributed by atoms with Gasteiger partial charge < -0.3 is 10.0 Å². The average molecular weight is 249 g/mol. The molecule has 5 heteroatoms. The Morgan fingerprint density at radius 1 is 1.39 bits per heavy atom. The summed E-state index contributed by atoms with van der Waals surface area (Å²) < 4.78 is 0. The molecule has 1 aliphatic heterocycles. The van der Waals surface area contributed by atoms with Gasteiger partial charge in [-0.25, -0.2) is 0 Å². The maximum atomic E-state index is 9.95. The van der Waals surface area contributed by atoms with E-state index in [-0.39, 0.29) is 5.96 Å². The first-order valence-electron chi connectivity index (χ1n) is 6.29. The number of anilines is 1. The standard InChI is InChI=1S/C13H20N4O/c14-13(15)16-8-11(18)9-17-7-3-5-10-4-1-2-6-12(10)17/h1-2,4,6,11,18H,3,5,7-9H2,(H4,14,15,16)/p+1/t11-/m1/s1. The van der Waals surface area contributed by atoms with Crippen molar-refractivity contribution >= 4 is 11.6 Å². The van der Waals surface area contributed by atoms with Crippen molar-refractivity contribution in [3.05, 3.63) is 29.8 Å². The van der Waals surface area contributed by atoms with Crippen molar-refractivity contribution in [2.24, 2.45) is 11.5 Å². The van der Waals surface area contributed by atoms with Gasteiger partial charge >= 0.3 is 5.96 Å². The van der Waals surface area contributed by atoms with Crippen LogP contribution < -0.4 is 21.4 Å². The van der Waals surface area contributed by atoms with Crippen molar-refractivity contribution in [2.75, 3.05) is 24.5 Å². The van der Waals surface area contributed by atoms with E-state index in [1.165, 1.54) is 11.3 Å². The number of nitrogens with one attached hydrogen (secondary N) is 1. The van der Waals surface area contributed by atoms with Gasteiger partial charge in [0, 0.05) is 18.8 Å². The van der Waals surface area contributed by atoms with Crippen LogP contribution in [0.25, 0.3) is 0 Å². The Kier molecular flexibility index (Phi) is 4.04. The number of benzene rings is 1. The fraction of sp³-hybridized carbons (Fsp3) is 0.462. The molecule has 0 amide bonds. The second-order valence-electron chi connectivity index (χ2n) is 4.67. The smallest absolute Gasteiger partial charge is 0.338 e. The minimum atomic E-state index is -0.488. The van der Waals surface area contributed by atoms with Crippen LogP contribution in [0.2, 0.25) is 0 Å². The first kappa shape index (κ1) is 12.7. The lowest BCUT2D eigenvalue weighted by molar-refractivity contribution is -0.470. The quantitative estimate of drug-likeness (QED) is 0.373. The molecule has 18 heavy (non-hydrogen) atoms. The molecule has 0 spiro atoms. The van der Waals surface area contributed by atoms with Crippen molar-refractivity contribution in [2.45, 2.75) is 18.9 Å². The van der Waals surface area contributed by atoms with E-state index in [2.05, 4.69) is 28.1 Å². The minimum absolute atomic E-state index is 0.146. The summed E-state index contributed by atoms with van der Waals surface area (Å²) >= 11 is 0. The molecule has 1 aromatic carbocycles. The molecule has 0 fully saturated rings. The number of hydrogen-bond donors (Lipinski definition) is 4. The highest BCUT2D eigenvalue weighted by Crippen LogP contribution is 2.26. The number of nitrogens with two attached hydrogens (primary N) is 2. The van der Waals surface area contributed by atoms with Crippen molar-refractivity contribution in [1.82, 2.24) is 0 Å². The number of β-amino-alcohol motifs (C(OH)–C–C–N with tert-alkyl or cyclic N) is 1. The van der Waals surface area contributed by atoms with Gasteiger partial charge in [-0.2, -0.15) is 0 Å². The van der Waals surface area contributed by atoms with Crippen LogP contribution in [0.4, 0.5) is 5.69 Å². The van der Waals surface area contributed by atoms with E-state index in [0.29, 0.717) is 13.1 Å². The molecule has 6 N–H and O–H groups in total. The van der Waals surface area contributed by atoms with Crippen LogP contribution in [-0.2, 0) is 6.42 Å².